The first kappa shape index (κ1) is 13.1. The molecule has 8 heteroatoms. The lowest BCUT2D eigenvalue weighted by Gasteiger charge is -2.05. The highest BCUT2D eigenvalue weighted by Gasteiger charge is 2.14. The Morgan fingerprint density at radius 3 is 1.38 bits per heavy atom. The van der Waals surface area contributed by atoms with E-state index in [0.717, 1.165) is 0 Å². The summed E-state index contributed by atoms with van der Waals surface area (Å²) >= 11 is 0. The van der Waals surface area contributed by atoms with Gasteiger partial charge in [-0.05, 0) is 11.1 Å². The van der Waals surface area contributed by atoms with Crippen LogP contribution in [0.1, 0.15) is 11.1 Å². The van der Waals surface area contributed by atoms with Gasteiger partial charge >= 0.3 is 0 Å². The Hall–Kier alpha value is -0.960. The van der Waals surface area contributed by atoms with E-state index in [1.165, 1.54) is 24.3 Å². The van der Waals surface area contributed by atoms with Gasteiger partial charge in [0.05, 0.1) is 0 Å². The highest BCUT2D eigenvalue weighted by molar-refractivity contribution is 7.85. The fraction of sp³-hybridized carbons (Fsp3) is 0.250. The van der Waals surface area contributed by atoms with Crippen molar-refractivity contribution in [1.29, 1.82) is 0 Å². The van der Waals surface area contributed by atoms with Crippen molar-refractivity contribution in [3.8, 4) is 0 Å². The largest absolute Gasteiger partial charge is 0.285 e. The Morgan fingerprint density at radius 1 is 0.812 bits per heavy atom. The predicted molar refractivity (Wildman–Crippen MR) is 56.9 cm³/mol. The fourth-order valence-corrected chi connectivity index (χ4v) is 2.58. The monoisotopic (exact) mass is 266 g/mol. The Morgan fingerprint density at radius 2 is 1.12 bits per heavy atom. The number of hydrogen-bond acceptors (Lipinski definition) is 4. The Bertz CT molecular complexity index is 519. The molecule has 0 aliphatic rings. The van der Waals surface area contributed by atoms with Crippen molar-refractivity contribution >= 4 is 20.2 Å². The van der Waals surface area contributed by atoms with Crippen molar-refractivity contribution in [2.24, 2.45) is 0 Å². The van der Waals surface area contributed by atoms with Gasteiger partial charge in [-0.15, -0.1) is 0 Å². The first-order valence-electron chi connectivity index (χ1n) is 4.14. The first-order valence-corrected chi connectivity index (χ1v) is 7.36. The highest BCUT2D eigenvalue weighted by atomic mass is 32.2. The SMILES string of the molecule is O=S(=O)(O)Cc1ccccc1CS(=O)(=O)O. The van der Waals surface area contributed by atoms with Crippen molar-refractivity contribution in [3.63, 3.8) is 0 Å². The second kappa shape index (κ2) is 4.50. The van der Waals surface area contributed by atoms with E-state index < -0.39 is 31.7 Å². The van der Waals surface area contributed by atoms with Crippen LogP contribution in [-0.2, 0) is 31.7 Å². The Labute approximate surface area is 93.4 Å². The molecular formula is C8H10O6S2. The van der Waals surface area contributed by atoms with Crippen molar-refractivity contribution in [2.75, 3.05) is 0 Å². The zero-order chi connectivity index (χ0) is 12.4. The van der Waals surface area contributed by atoms with Gasteiger partial charge in [0, 0.05) is 0 Å². The molecule has 0 bridgehead atoms. The van der Waals surface area contributed by atoms with Crippen LogP contribution in [0.25, 0.3) is 0 Å². The number of hydrogen-bond donors (Lipinski definition) is 2. The third-order valence-electron chi connectivity index (χ3n) is 1.79. The zero-order valence-corrected chi connectivity index (χ0v) is 9.70. The molecule has 1 aromatic carbocycles. The smallest absolute Gasteiger partial charge is 0.269 e. The van der Waals surface area contributed by atoms with Gasteiger partial charge in [-0.25, -0.2) is 0 Å². The molecule has 0 saturated heterocycles. The van der Waals surface area contributed by atoms with Crippen molar-refractivity contribution in [2.45, 2.75) is 11.5 Å². The summed E-state index contributed by atoms with van der Waals surface area (Å²) in [5.41, 5.74) is 0.283. The molecule has 0 saturated carbocycles. The molecule has 0 atom stereocenters. The van der Waals surface area contributed by atoms with E-state index in [0.29, 0.717) is 0 Å². The van der Waals surface area contributed by atoms with Crippen LogP contribution in [0, 0.1) is 0 Å². The normalized spacial score (nSPS) is 12.6. The maximum Gasteiger partial charge on any atom is 0.269 e. The van der Waals surface area contributed by atoms with Crippen molar-refractivity contribution in [3.05, 3.63) is 35.4 Å². The molecule has 0 unspecified atom stereocenters. The summed E-state index contributed by atoms with van der Waals surface area (Å²) in [4.78, 5) is 0. The summed E-state index contributed by atoms with van der Waals surface area (Å²) in [6.07, 6.45) is 0. The standard InChI is InChI=1S/C8H10O6S2/c9-15(10,11)5-7-3-1-2-4-8(7)6-16(12,13)14/h1-4H,5-6H2,(H,9,10,11)(H,12,13,14). The third-order valence-corrected chi connectivity index (χ3v) is 3.15. The van der Waals surface area contributed by atoms with Crippen LogP contribution in [0.4, 0.5) is 0 Å². The summed E-state index contributed by atoms with van der Waals surface area (Å²) < 4.78 is 60.0. The average Bonchev–Trinajstić information content (AvgIpc) is 2.03. The lowest BCUT2D eigenvalue weighted by molar-refractivity contribution is 0.477. The molecule has 90 valence electrons. The van der Waals surface area contributed by atoms with Gasteiger partial charge in [0.2, 0.25) is 0 Å². The number of rotatable bonds is 4. The summed E-state index contributed by atoms with van der Waals surface area (Å²) in [7, 11) is -8.46. The molecule has 0 amide bonds. The van der Waals surface area contributed by atoms with Crippen LogP contribution >= 0.6 is 0 Å². The molecule has 6 nitrogen and oxygen atoms in total. The molecule has 0 fully saturated rings. The van der Waals surface area contributed by atoms with Gasteiger partial charge < -0.3 is 0 Å². The van der Waals surface area contributed by atoms with E-state index in [1.807, 2.05) is 0 Å². The molecule has 0 aromatic heterocycles. The lowest BCUT2D eigenvalue weighted by atomic mass is 10.1. The molecule has 2 N–H and O–H groups in total. The maximum absolute atomic E-state index is 10.7. The topological polar surface area (TPSA) is 109 Å². The molecule has 0 aliphatic carbocycles. The van der Waals surface area contributed by atoms with Crippen LogP contribution in [0.2, 0.25) is 0 Å². The van der Waals surface area contributed by atoms with Gasteiger partial charge in [-0.2, -0.15) is 16.8 Å². The maximum atomic E-state index is 10.7. The van der Waals surface area contributed by atoms with Gasteiger partial charge in [-0.3, -0.25) is 9.11 Å². The minimum atomic E-state index is -4.23. The van der Waals surface area contributed by atoms with Crippen LogP contribution in [0.5, 0.6) is 0 Å². The van der Waals surface area contributed by atoms with Gasteiger partial charge in [0.15, 0.2) is 0 Å². The van der Waals surface area contributed by atoms with Crippen LogP contribution in [0.15, 0.2) is 24.3 Å². The fourth-order valence-electron chi connectivity index (χ4n) is 1.23. The first-order chi connectivity index (χ1) is 7.17. The third kappa shape index (κ3) is 4.71. The van der Waals surface area contributed by atoms with Gasteiger partial charge in [0.1, 0.15) is 11.5 Å². The second-order valence-electron chi connectivity index (χ2n) is 3.22. The summed E-state index contributed by atoms with van der Waals surface area (Å²) in [6.45, 7) is 0. The Kier molecular flexibility index (Phi) is 3.68. The van der Waals surface area contributed by atoms with Crippen molar-refractivity contribution in [1.82, 2.24) is 0 Å². The van der Waals surface area contributed by atoms with Crippen LogP contribution < -0.4 is 0 Å². The number of benzene rings is 1. The minimum absolute atomic E-state index is 0.141. The molecule has 16 heavy (non-hydrogen) atoms. The van der Waals surface area contributed by atoms with E-state index in [1.54, 1.807) is 0 Å². The van der Waals surface area contributed by atoms with E-state index in [2.05, 4.69) is 0 Å². The molecule has 1 aromatic rings. The van der Waals surface area contributed by atoms with Crippen LogP contribution in [-0.4, -0.2) is 25.9 Å². The average molecular weight is 266 g/mol. The van der Waals surface area contributed by atoms with Gasteiger partial charge in [-0.1, -0.05) is 24.3 Å². The lowest BCUT2D eigenvalue weighted by Crippen LogP contribution is -2.08. The molecule has 0 radical (unpaired) electrons. The zero-order valence-electron chi connectivity index (χ0n) is 8.07. The quantitative estimate of drug-likeness (QED) is 0.766. The predicted octanol–water partition coefficient (Wildman–Crippen LogP) is 0.462. The highest BCUT2D eigenvalue weighted by Crippen LogP contribution is 2.14. The molecule has 1 rings (SSSR count). The van der Waals surface area contributed by atoms with E-state index in [9.17, 15) is 16.8 Å². The van der Waals surface area contributed by atoms with Crippen molar-refractivity contribution < 1.29 is 25.9 Å². The molecule has 0 spiro atoms. The summed E-state index contributed by atoms with van der Waals surface area (Å²) in [5.74, 6) is -1.36. The van der Waals surface area contributed by atoms with Gasteiger partial charge in [0.25, 0.3) is 20.2 Å². The van der Waals surface area contributed by atoms with E-state index in [4.69, 9.17) is 9.11 Å². The summed E-state index contributed by atoms with van der Waals surface area (Å²) in [6, 6.07) is 5.75. The molecular weight excluding hydrogens is 256 g/mol. The van der Waals surface area contributed by atoms with E-state index in [-0.39, 0.29) is 11.1 Å². The van der Waals surface area contributed by atoms with E-state index >= 15 is 0 Å². The Balaban J connectivity index is 3.11. The van der Waals surface area contributed by atoms with Crippen LogP contribution in [0.3, 0.4) is 0 Å². The second-order valence-corrected chi connectivity index (χ2v) is 6.13. The molecule has 0 aliphatic heterocycles. The summed E-state index contributed by atoms with van der Waals surface area (Å²) in [5, 5.41) is 0. The minimum Gasteiger partial charge on any atom is -0.285 e. The molecule has 0 heterocycles.